The number of hydrogen-bond acceptors (Lipinski definition) is 3. The van der Waals surface area contributed by atoms with Crippen molar-refractivity contribution in [3.63, 3.8) is 0 Å². The summed E-state index contributed by atoms with van der Waals surface area (Å²) >= 11 is 1.49. The highest BCUT2D eigenvalue weighted by Gasteiger charge is 2.27. The van der Waals surface area contributed by atoms with Gasteiger partial charge in [-0.2, -0.15) is 0 Å². The summed E-state index contributed by atoms with van der Waals surface area (Å²) in [6.07, 6.45) is 4.86. The van der Waals surface area contributed by atoms with Gasteiger partial charge >= 0.3 is 0 Å². The van der Waals surface area contributed by atoms with E-state index in [2.05, 4.69) is 13.8 Å². The van der Waals surface area contributed by atoms with Gasteiger partial charge in [-0.1, -0.05) is 19.9 Å². The Kier molecular flexibility index (Phi) is 4.00. The first kappa shape index (κ1) is 12.8. The van der Waals surface area contributed by atoms with Crippen LogP contribution < -0.4 is 0 Å². The molecule has 0 N–H and O–H groups in total. The second kappa shape index (κ2) is 5.32. The molecule has 1 aliphatic rings. The molecule has 0 aromatic carbocycles. The lowest BCUT2D eigenvalue weighted by molar-refractivity contribution is 0.00877. The second-order valence-corrected chi connectivity index (χ2v) is 6.52. The van der Waals surface area contributed by atoms with Crippen molar-refractivity contribution in [2.45, 2.75) is 45.6 Å². The highest BCUT2D eigenvalue weighted by molar-refractivity contribution is 7.12. The van der Waals surface area contributed by atoms with Gasteiger partial charge < -0.3 is 4.74 Å². The number of carbonyl (C=O) groups is 1. The maximum Gasteiger partial charge on any atom is 0.198 e. The Bertz CT molecular complexity index is 358. The third kappa shape index (κ3) is 3.65. The maximum atomic E-state index is 11.8. The lowest BCUT2D eigenvalue weighted by atomic mass is 9.76. The summed E-state index contributed by atoms with van der Waals surface area (Å²) in [6.45, 7) is 4.85. The molecule has 2 rings (SSSR count). The Labute approximate surface area is 107 Å². The fourth-order valence-corrected chi connectivity index (χ4v) is 2.89. The van der Waals surface area contributed by atoms with Crippen molar-refractivity contribution in [3.05, 3.63) is 22.4 Å². The van der Waals surface area contributed by atoms with Crippen molar-refractivity contribution in [1.29, 1.82) is 0 Å². The standard InChI is InChI=1S/C14H20O2S/c1-14(2)7-5-11(6-8-14)16-10-12(15)13-4-3-9-17-13/h3-4,9,11H,5-8,10H2,1-2H3. The molecule has 3 heteroatoms. The van der Waals surface area contributed by atoms with E-state index in [1.54, 1.807) is 0 Å². The van der Waals surface area contributed by atoms with Crippen LogP contribution >= 0.6 is 11.3 Å². The van der Waals surface area contributed by atoms with Crippen LogP contribution in [0.4, 0.5) is 0 Å². The molecule has 2 nitrogen and oxygen atoms in total. The number of thiophene rings is 1. The van der Waals surface area contributed by atoms with Crippen LogP contribution in [0.3, 0.4) is 0 Å². The van der Waals surface area contributed by atoms with E-state index in [1.807, 2.05) is 17.5 Å². The van der Waals surface area contributed by atoms with E-state index in [4.69, 9.17) is 4.74 Å². The molecule has 1 aromatic heterocycles. The van der Waals surface area contributed by atoms with Gasteiger partial charge in [0.1, 0.15) is 6.61 Å². The van der Waals surface area contributed by atoms with Gasteiger partial charge in [-0.25, -0.2) is 0 Å². The summed E-state index contributed by atoms with van der Waals surface area (Å²) in [4.78, 5) is 12.6. The Morgan fingerprint density at radius 2 is 2.18 bits per heavy atom. The number of rotatable bonds is 4. The summed E-state index contributed by atoms with van der Waals surface area (Å²) < 4.78 is 5.72. The predicted octanol–water partition coefficient (Wildman–Crippen LogP) is 3.92. The quantitative estimate of drug-likeness (QED) is 0.759. The molecule has 1 aromatic rings. The first-order valence-electron chi connectivity index (χ1n) is 6.25. The molecule has 1 heterocycles. The van der Waals surface area contributed by atoms with Crippen molar-refractivity contribution in [2.24, 2.45) is 5.41 Å². The van der Waals surface area contributed by atoms with Crippen LogP contribution in [0, 0.1) is 5.41 Å². The zero-order valence-corrected chi connectivity index (χ0v) is 11.4. The van der Waals surface area contributed by atoms with E-state index in [0.29, 0.717) is 5.41 Å². The van der Waals surface area contributed by atoms with Gasteiger partial charge in [0.15, 0.2) is 5.78 Å². The van der Waals surface area contributed by atoms with Gasteiger partial charge in [-0.3, -0.25) is 4.79 Å². The van der Waals surface area contributed by atoms with E-state index < -0.39 is 0 Å². The van der Waals surface area contributed by atoms with Crippen LogP contribution in [-0.4, -0.2) is 18.5 Å². The molecule has 0 spiro atoms. The van der Waals surface area contributed by atoms with Crippen LogP contribution in [-0.2, 0) is 4.74 Å². The van der Waals surface area contributed by atoms with Gasteiger partial charge in [-0.15, -0.1) is 11.3 Å². The summed E-state index contributed by atoms with van der Waals surface area (Å²) in [5, 5.41) is 1.93. The fraction of sp³-hybridized carbons (Fsp3) is 0.643. The number of Topliss-reactive ketones (excluding diaryl/α,β-unsaturated/α-hetero) is 1. The van der Waals surface area contributed by atoms with E-state index in [-0.39, 0.29) is 18.5 Å². The van der Waals surface area contributed by atoms with Crippen molar-refractivity contribution in [1.82, 2.24) is 0 Å². The van der Waals surface area contributed by atoms with E-state index >= 15 is 0 Å². The summed E-state index contributed by atoms with van der Waals surface area (Å²) in [5.74, 6) is 0.116. The molecule has 0 radical (unpaired) electrons. The molecule has 0 aliphatic heterocycles. The largest absolute Gasteiger partial charge is 0.370 e. The topological polar surface area (TPSA) is 26.3 Å². The smallest absolute Gasteiger partial charge is 0.198 e. The molecule has 17 heavy (non-hydrogen) atoms. The minimum atomic E-state index is 0.116. The summed E-state index contributed by atoms with van der Waals surface area (Å²) in [7, 11) is 0. The van der Waals surface area contributed by atoms with Crippen molar-refractivity contribution >= 4 is 17.1 Å². The third-order valence-corrected chi connectivity index (χ3v) is 4.44. The van der Waals surface area contributed by atoms with Crippen LogP contribution in [0.2, 0.25) is 0 Å². The average molecular weight is 252 g/mol. The molecule has 0 bridgehead atoms. The van der Waals surface area contributed by atoms with E-state index in [1.165, 1.54) is 24.2 Å². The Morgan fingerprint density at radius 1 is 1.47 bits per heavy atom. The number of ether oxygens (including phenoxy) is 1. The second-order valence-electron chi connectivity index (χ2n) is 5.58. The lowest BCUT2D eigenvalue weighted by Crippen LogP contribution is -2.28. The van der Waals surface area contributed by atoms with E-state index in [9.17, 15) is 4.79 Å². The molecule has 0 unspecified atom stereocenters. The minimum absolute atomic E-state index is 0.116. The van der Waals surface area contributed by atoms with Crippen molar-refractivity contribution < 1.29 is 9.53 Å². The van der Waals surface area contributed by atoms with Crippen LogP contribution in [0.5, 0.6) is 0 Å². The molecule has 1 aliphatic carbocycles. The number of hydrogen-bond donors (Lipinski definition) is 0. The minimum Gasteiger partial charge on any atom is -0.370 e. The molecule has 1 saturated carbocycles. The highest BCUT2D eigenvalue weighted by Crippen LogP contribution is 2.36. The molecule has 0 atom stereocenters. The number of ketones is 1. The zero-order valence-electron chi connectivity index (χ0n) is 10.6. The average Bonchev–Trinajstić information content (AvgIpc) is 2.80. The van der Waals surface area contributed by atoms with Gasteiger partial charge in [0.05, 0.1) is 11.0 Å². The van der Waals surface area contributed by atoms with Gasteiger partial charge in [0, 0.05) is 0 Å². The third-order valence-electron chi connectivity index (χ3n) is 3.53. The van der Waals surface area contributed by atoms with Gasteiger partial charge in [-0.05, 0) is 42.5 Å². The fourth-order valence-electron chi connectivity index (χ4n) is 2.24. The normalized spacial score (nSPS) is 20.4. The Morgan fingerprint density at radius 3 is 2.76 bits per heavy atom. The Balaban J connectivity index is 1.75. The first-order chi connectivity index (χ1) is 8.07. The Hall–Kier alpha value is -0.670. The van der Waals surface area contributed by atoms with Gasteiger partial charge in [0.2, 0.25) is 0 Å². The highest BCUT2D eigenvalue weighted by atomic mass is 32.1. The molecule has 0 saturated heterocycles. The predicted molar refractivity (Wildman–Crippen MR) is 70.6 cm³/mol. The first-order valence-corrected chi connectivity index (χ1v) is 7.13. The molecule has 94 valence electrons. The van der Waals surface area contributed by atoms with Crippen LogP contribution in [0.1, 0.15) is 49.2 Å². The SMILES string of the molecule is CC1(C)CCC(OCC(=O)c2cccs2)CC1. The molecule has 0 amide bonds. The van der Waals surface area contributed by atoms with Crippen molar-refractivity contribution in [3.8, 4) is 0 Å². The van der Waals surface area contributed by atoms with E-state index in [0.717, 1.165) is 17.7 Å². The zero-order chi connectivity index (χ0) is 12.3. The molecular weight excluding hydrogens is 232 g/mol. The summed E-state index contributed by atoms with van der Waals surface area (Å²) in [6, 6.07) is 3.77. The van der Waals surface area contributed by atoms with Crippen molar-refractivity contribution in [2.75, 3.05) is 6.61 Å². The number of carbonyl (C=O) groups excluding carboxylic acids is 1. The lowest BCUT2D eigenvalue weighted by Gasteiger charge is -2.33. The summed E-state index contributed by atoms with van der Waals surface area (Å²) in [5.41, 5.74) is 0.456. The van der Waals surface area contributed by atoms with Crippen LogP contribution in [0.15, 0.2) is 17.5 Å². The molecular formula is C14H20O2S. The maximum absolute atomic E-state index is 11.8. The van der Waals surface area contributed by atoms with Gasteiger partial charge in [0.25, 0.3) is 0 Å². The molecule has 1 fully saturated rings. The monoisotopic (exact) mass is 252 g/mol. The van der Waals surface area contributed by atoms with Crippen LogP contribution in [0.25, 0.3) is 0 Å².